The van der Waals surface area contributed by atoms with E-state index in [1.54, 1.807) is 0 Å². The Kier molecular flexibility index (Phi) is 3.87. The summed E-state index contributed by atoms with van der Waals surface area (Å²) in [6.07, 6.45) is 7.69. The van der Waals surface area contributed by atoms with E-state index in [2.05, 4.69) is 12.0 Å². The van der Waals surface area contributed by atoms with Gasteiger partial charge in [-0.2, -0.15) is 5.10 Å². The fourth-order valence-electron chi connectivity index (χ4n) is 3.05. The van der Waals surface area contributed by atoms with Crippen molar-refractivity contribution >= 4 is 0 Å². The van der Waals surface area contributed by atoms with E-state index in [0.717, 1.165) is 23.6 Å². The van der Waals surface area contributed by atoms with E-state index in [1.165, 1.54) is 25.7 Å². The zero-order chi connectivity index (χ0) is 12.4. The Morgan fingerprint density at radius 1 is 1.53 bits per heavy atom. The van der Waals surface area contributed by atoms with E-state index in [4.69, 9.17) is 0 Å². The standard InChI is InChI=1S/C14H24N2O/c1-4-11-6-5-7-12(8-11)14(17)13-9-15-16(3)10(13)2/h9,11-12,14,17H,4-8H2,1-3H3. The normalized spacial score (nSPS) is 27.1. The molecule has 1 fully saturated rings. The molecule has 1 aliphatic rings. The molecule has 1 aliphatic carbocycles. The maximum absolute atomic E-state index is 10.5. The highest BCUT2D eigenvalue weighted by Gasteiger charge is 2.29. The van der Waals surface area contributed by atoms with Gasteiger partial charge in [0, 0.05) is 18.3 Å². The molecule has 1 aromatic heterocycles. The van der Waals surface area contributed by atoms with Gasteiger partial charge in [-0.05, 0) is 31.6 Å². The molecule has 0 radical (unpaired) electrons. The summed E-state index contributed by atoms with van der Waals surface area (Å²) >= 11 is 0. The van der Waals surface area contributed by atoms with Gasteiger partial charge in [-0.1, -0.05) is 26.2 Å². The quantitative estimate of drug-likeness (QED) is 0.876. The van der Waals surface area contributed by atoms with Gasteiger partial charge in [-0.3, -0.25) is 4.68 Å². The minimum Gasteiger partial charge on any atom is -0.388 e. The molecule has 0 saturated heterocycles. The van der Waals surface area contributed by atoms with Crippen molar-refractivity contribution in [2.75, 3.05) is 0 Å². The molecule has 1 heterocycles. The maximum Gasteiger partial charge on any atom is 0.0851 e. The molecular weight excluding hydrogens is 212 g/mol. The zero-order valence-corrected chi connectivity index (χ0v) is 11.2. The zero-order valence-electron chi connectivity index (χ0n) is 11.2. The molecule has 0 aliphatic heterocycles. The second-order valence-corrected chi connectivity index (χ2v) is 5.45. The Morgan fingerprint density at radius 3 is 2.88 bits per heavy atom. The molecule has 0 spiro atoms. The number of hydrogen-bond acceptors (Lipinski definition) is 2. The lowest BCUT2D eigenvalue weighted by molar-refractivity contribution is 0.0672. The summed E-state index contributed by atoms with van der Waals surface area (Å²) < 4.78 is 1.85. The Bertz CT molecular complexity index is 372. The molecular formula is C14H24N2O. The van der Waals surface area contributed by atoms with Crippen LogP contribution in [-0.2, 0) is 7.05 Å². The van der Waals surface area contributed by atoms with Crippen LogP contribution in [0.2, 0.25) is 0 Å². The van der Waals surface area contributed by atoms with E-state index in [0.29, 0.717) is 5.92 Å². The van der Waals surface area contributed by atoms with Crippen molar-refractivity contribution in [1.29, 1.82) is 0 Å². The summed E-state index contributed by atoms with van der Waals surface area (Å²) in [4.78, 5) is 0. The van der Waals surface area contributed by atoms with Gasteiger partial charge in [0.2, 0.25) is 0 Å². The first-order valence-corrected chi connectivity index (χ1v) is 6.80. The molecule has 3 nitrogen and oxygen atoms in total. The predicted molar refractivity (Wildman–Crippen MR) is 68.6 cm³/mol. The first-order chi connectivity index (χ1) is 8.13. The maximum atomic E-state index is 10.5. The number of aromatic nitrogens is 2. The van der Waals surface area contributed by atoms with Crippen LogP contribution in [0.5, 0.6) is 0 Å². The summed E-state index contributed by atoms with van der Waals surface area (Å²) in [5.41, 5.74) is 2.12. The molecule has 0 bridgehead atoms. The number of aliphatic hydroxyl groups is 1. The molecule has 2 rings (SSSR count). The van der Waals surface area contributed by atoms with Crippen molar-refractivity contribution < 1.29 is 5.11 Å². The monoisotopic (exact) mass is 236 g/mol. The molecule has 1 N–H and O–H groups in total. The molecule has 0 amide bonds. The number of aryl methyl sites for hydroxylation is 1. The number of nitrogens with zero attached hydrogens (tertiary/aromatic N) is 2. The van der Waals surface area contributed by atoms with E-state index >= 15 is 0 Å². The van der Waals surface area contributed by atoms with Crippen LogP contribution >= 0.6 is 0 Å². The van der Waals surface area contributed by atoms with Crippen LogP contribution in [0.3, 0.4) is 0 Å². The van der Waals surface area contributed by atoms with E-state index in [1.807, 2.05) is 24.9 Å². The molecule has 1 aromatic rings. The third-order valence-corrected chi connectivity index (χ3v) is 4.44. The Labute approximate surface area is 104 Å². The molecule has 1 saturated carbocycles. The van der Waals surface area contributed by atoms with Crippen molar-refractivity contribution in [2.24, 2.45) is 18.9 Å². The average Bonchev–Trinajstić information content (AvgIpc) is 2.69. The molecule has 3 heteroatoms. The van der Waals surface area contributed by atoms with Crippen LogP contribution < -0.4 is 0 Å². The van der Waals surface area contributed by atoms with Crippen molar-refractivity contribution in [3.05, 3.63) is 17.5 Å². The first kappa shape index (κ1) is 12.6. The fraction of sp³-hybridized carbons (Fsp3) is 0.786. The predicted octanol–water partition coefficient (Wildman–Crippen LogP) is 2.98. The highest BCUT2D eigenvalue weighted by molar-refractivity contribution is 5.19. The first-order valence-electron chi connectivity index (χ1n) is 6.80. The second-order valence-electron chi connectivity index (χ2n) is 5.45. The van der Waals surface area contributed by atoms with E-state index in [9.17, 15) is 5.11 Å². The summed E-state index contributed by atoms with van der Waals surface area (Å²) in [5, 5.41) is 14.7. The molecule has 3 atom stereocenters. The molecule has 3 unspecified atom stereocenters. The fourth-order valence-corrected chi connectivity index (χ4v) is 3.05. The van der Waals surface area contributed by atoms with Gasteiger partial charge < -0.3 is 5.11 Å². The SMILES string of the molecule is CCC1CCCC(C(O)c2cnn(C)c2C)C1. The van der Waals surface area contributed by atoms with E-state index in [-0.39, 0.29) is 6.10 Å². The lowest BCUT2D eigenvalue weighted by Gasteiger charge is -2.31. The van der Waals surface area contributed by atoms with Crippen LogP contribution in [-0.4, -0.2) is 14.9 Å². The van der Waals surface area contributed by atoms with Gasteiger partial charge in [-0.25, -0.2) is 0 Å². The minimum absolute atomic E-state index is 0.321. The highest BCUT2D eigenvalue weighted by Crippen LogP contribution is 2.38. The third-order valence-electron chi connectivity index (χ3n) is 4.44. The Morgan fingerprint density at radius 2 is 2.29 bits per heavy atom. The van der Waals surface area contributed by atoms with Crippen LogP contribution in [0, 0.1) is 18.8 Å². The average molecular weight is 236 g/mol. The smallest absolute Gasteiger partial charge is 0.0851 e. The van der Waals surface area contributed by atoms with Crippen LogP contribution in [0.15, 0.2) is 6.20 Å². The lowest BCUT2D eigenvalue weighted by Crippen LogP contribution is -2.21. The number of rotatable bonds is 3. The summed E-state index contributed by atoms with van der Waals surface area (Å²) in [6, 6.07) is 0. The van der Waals surface area contributed by atoms with Crippen molar-refractivity contribution in [3.63, 3.8) is 0 Å². The van der Waals surface area contributed by atoms with Crippen molar-refractivity contribution in [3.8, 4) is 0 Å². The van der Waals surface area contributed by atoms with Crippen molar-refractivity contribution in [1.82, 2.24) is 9.78 Å². The van der Waals surface area contributed by atoms with Gasteiger partial charge in [0.1, 0.15) is 0 Å². The molecule has 96 valence electrons. The third kappa shape index (κ3) is 2.54. The highest BCUT2D eigenvalue weighted by atomic mass is 16.3. The van der Waals surface area contributed by atoms with E-state index < -0.39 is 0 Å². The van der Waals surface area contributed by atoms with Crippen molar-refractivity contribution in [2.45, 2.75) is 52.1 Å². The largest absolute Gasteiger partial charge is 0.388 e. The van der Waals surface area contributed by atoms with Crippen LogP contribution in [0.1, 0.15) is 56.4 Å². The molecule has 17 heavy (non-hydrogen) atoms. The van der Waals surface area contributed by atoms with Gasteiger partial charge in [0.15, 0.2) is 0 Å². The summed E-state index contributed by atoms with van der Waals surface area (Å²) in [6.45, 7) is 4.29. The Balaban J connectivity index is 2.09. The van der Waals surface area contributed by atoms with Gasteiger partial charge in [0.05, 0.1) is 12.3 Å². The molecule has 0 aromatic carbocycles. The summed E-state index contributed by atoms with van der Waals surface area (Å²) in [5.74, 6) is 1.23. The van der Waals surface area contributed by atoms with Gasteiger partial charge >= 0.3 is 0 Å². The lowest BCUT2D eigenvalue weighted by atomic mass is 9.76. The number of hydrogen-bond donors (Lipinski definition) is 1. The van der Waals surface area contributed by atoms with Crippen LogP contribution in [0.25, 0.3) is 0 Å². The van der Waals surface area contributed by atoms with Gasteiger partial charge in [-0.15, -0.1) is 0 Å². The minimum atomic E-state index is -0.321. The topological polar surface area (TPSA) is 38.1 Å². The Hall–Kier alpha value is -0.830. The number of aliphatic hydroxyl groups excluding tert-OH is 1. The summed E-state index contributed by atoms with van der Waals surface area (Å²) in [7, 11) is 1.93. The van der Waals surface area contributed by atoms with Gasteiger partial charge in [0.25, 0.3) is 0 Å². The van der Waals surface area contributed by atoms with Crippen LogP contribution in [0.4, 0.5) is 0 Å². The second kappa shape index (κ2) is 5.21.